The monoisotopic (exact) mass is 500 g/mol. The normalized spacial score (nSPS) is 18.7. The SMILES string of the molecule is CC[Si](CC)(CC)O[C@H](C)[C@H]1C(=O)NC1[C@@H](C)C(=O)C(=[N+]=[N-])C(=O)OCc1ccc(N=[N+]=[N-])cc1. The molecule has 1 heterocycles. The second-order valence-electron chi connectivity index (χ2n) is 8.66. The minimum Gasteiger partial charge on any atom is -0.452 e. The first kappa shape index (κ1) is 27.9. The number of Topliss-reactive ketones (excluding diaryl/α,β-unsaturated/α-hetero) is 1. The summed E-state index contributed by atoms with van der Waals surface area (Å²) < 4.78 is 11.6. The molecule has 1 N–H and O–H groups in total. The van der Waals surface area contributed by atoms with E-state index >= 15 is 0 Å². The molecule has 1 fully saturated rings. The van der Waals surface area contributed by atoms with Crippen LogP contribution in [0.5, 0.6) is 0 Å². The number of azide groups is 1. The summed E-state index contributed by atoms with van der Waals surface area (Å²) >= 11 is 0. The van der Waals surface area contributed by atoms with Crippen molar-refractivity contribution in [3.05, 3.63) is 45.8 Å². The molecule has 0 aliphatic carbocycles. The third-order valence-electron chi connectivity index (χ3n) is 6.82. The van der Waals surface area contributed by atoms with Gasteiger partial charge in [0.25, 0.3) is 5.78 Å². The molecule has 2 rings (SSSR count). The lowest BCUT2D eigenvalue weighted by Crippen LogP contribution is -2.67. The minimum atomic E-state index is -1.97. The summed E-state index contributed by atoms with van der Waals surface area (Å²) in [4.78, 5) is 43.4. The second-order valence-corrected chi connectivity index (χ2v) is 13.4. The number of amides is 1. The average molecular weight is 501 g/mol. The summed E-state index contributed by atoms with van der Waals surface area (Å²) in [5.74, 6) is -3.39. The second kappa shape index (κ2) is 12.4. The molecule has 0 aromatic heterocycles. The molecule has 1 aromatic rings. The zero-order chi connectivity index (χ0) is 26.2. The first-order valence-electron chi connectivity index (χ1n) is 11.7. The fourth-order valence-corrected chi connectivity index (χ4v) is 7.26. The Morgan fingerprint density at radius 3 is 2.20 bits per heavy atom. The number of nitrogens with one attached hydrogen (secondary N) is 1. The van der Waals surface area contributed by atoms with Crippen LogP contribution in [0, 0.1) is 11.8 Å². The third-order valence-corrected chi connectivity index (χ3v) is 11.6. The molecule has 0 radical (unpaired) electrons. The Kier molecular flexibility index (Phi) is 9.91. The molecule has 0 spiro atoms. The van der Waals surface area contributed by atoms with Gasteiger partial charge in [-0.25, -0.2) is 4.79 Å². The van der Waals surface area contributed by atoms with Gasteiger partial charge < -0.3 is 20.0 Å². The zero-order valence-corrected chi connectivity index (χ0v) is 21.7. The lowest BCUT2D eigenvalue weighted by atomic mass is 9.76. The molecule has 0 bridgehead atoms. The van der Waals surface area contributed by atoms with Gasteiger partial charge in [-0.3, -0.25) is 9.59 Å². The van der Waals surface area contributed by atoms with Crippen LogP contribution in [0.2, 0.25) is 18.1 Å². The summed E-state index contributed by atoms with van der Waals surface area (Å²) in [5.41, 5.74) is 18.1. The van der Waals surface area contributed by atoms with Crippen molar-refractivity contribution in [2.45, 2.75) is 71.5 Å². The average Bonchev–Trinajstić information content (AvgIpc) is 2.85. The van der Waals surface area contributed by atoms with Crippen LogP contribution in [0.15, 0.2) is 29.4 Å². The number of carbonyl (C=O) groups excluding carboxylic acids is 3. The van der Waals surface area contributed by atoms with Gasteiger partial charge in [0.1, 0.15) is 6.61 Å². The molecule has 12 heteroatoms. The molecule has 1 aliphatic rings. The molecule has 1 aliphatic heterocycles. The van der Waals surface area contributed by atoms with E-state index in [2.05, 4.69) is 40.9 Å². The number of ketones is 1. The summed E-state index contributed by atoms with van der Waals surface area (Å²) in [6.07, 6.45) is -0.384. The molecule has 1 unspecified atom stereocenters. The van der Waals surface area contributed by atoms with Crippen LogP contribution >= 0.6 is 0 Å². The number of nitrogens with zero attached hydrogens (tertiary/aromatic N) is 5. The van der Waals surface area contributed by atoms with Crippen LogP contribution in [-0.2, 0) is 30.2 Å². The van der Waals surface area contributed by atoms with E-state index in [0.717, 1.165) is 18.1 Å². The molecule has 11 nitrogen and oxygen atoms in total. The summed E-state index contributed by atoms with van der Waals surface area (Å²) in [7, 11) is -1.97. The van der Waals surface area contributed by atoms with Gasteiger partial charge in [-0.2, -0.15) is 4.79 Å². The molecule has 4 atom stereocenters. The highest BCUT2D eigenvalue weighted by atomic mass is 28.4. The Morgan fingerprint density at radius 1 is 1.11 bits per heavy atom. The Morgan fingerprint density at radius 2 is 1.71 bits per heavy atom. The maximum atomic E-state index is 13.0. The molecule has 1 aromatic carbocycles. The lowest BCUT2D eigenvalue weighted by molar-refractivity contribution is -0.146. The summed E-state index contributed by atoms with van der Waals surface area (Å²) in [6.45, 7) is 9.53. The van der Waals surface area contributed by atoms with Crippen molar-refractivity contribution in [2.24, 2.45) is 17.0 Å². The van der Waals surface area contributed by atoms with Gasteiger partial charge in [-0.05, 0) is 36.2 Å². The number of esters is 1. The Hall–Kier alpha value is -3.30. The third kappa shape index (κ3) is 6.43. The molecule has 0 saturated carbocycles. The number of rotatable bonds is 13. The zero-order valence-electron chi connectivity index (χ0n) is 20.7. The quantitative estimate of drug-likeness (QED) is 0.0628. The van der Waals surface area contributed by atoms with E-state index < -0.39 is 43.7 Å². The Labute approximate surface area is 205 Å². The summed E-state index contributed by atoms with van der Waals surface area (Å²) in [5, 5.41) is 6.19. The van der Waals surface area contributed by atoms with Crippen molar-refractivity contribution in [3.8, 4) is 0 Å². The maximum Gasteiger partial charge on any atom is 0.441 e. The molecule has 1 saturated heterocycles. The van der Waals surface area contributed by atoms with Crippen LogP contribution in [0.3, 0.4) is 0 Å². The fraction of sp³-hybridized carbons (Fsp3) is 0.565. The Bertz CT molecular complexity index is 1040. The molecule has 188 valence electrons. The van der Waals surface area contributed by atoms with Gasteiger partial charge in [0, 0.05) is 16.5 Å². The van der Waals surface area contributed by atoms with Crippen molar-refractivity contribution in [1.29, 1.82) is 0 Å². The predicted octanol–water partition coefficient (Wildman–Crippen LogP) is 4.07. The number of ether oxygens (including phenoxy) is 1. The van der Waals surface area contributed by atoms with Gasteiger partial charge in [0.2, 0.25) is 5.91 Å². The molecule has 1 amide bonds. The van der Waals surface area contributed by atoms with Gasteiger partial charge in [0.15, 0.2) is 8.32 Å². The van der Waals surface area contributed by atoms with Crippen LogP contribution in [-0.4, -0.2) is 48.6 Å². The van der Waals surface area contributed by atoms with Gasteiger partial charge in [-0.15, -0.1) is 0 Å². The van der Waals surface area contributed by atoms with Crippen LogP contribution in [0.1, 0.15) is 40.2 Å². The highest BCUT2D eigenvalue weighted by Gasteiger charge is 2.51. The maximum absolute atomic E-state index is 13.0. The lowest BCUT2D eigenvalue weighted by Gasteiger charge is -2.45. The van der Waals surface area contributed by atoms with E-state index in [1.807, 2.05) is 6.92 Å². The van der Waals surface area contributed by atoms with Crippen LogP contribution < -0.4 is 5.32 Å². The minimum absolute atomic E-state index is 0.179. The van der Waals surface area contributed by atoms with Crippen molar-refractivity contribution in [2.75, 3.05) is 0 Å². The van der Waals surface area contributed by atoms with E-state index in [-0.39, 0.29) is 18.6 Å². The van der Waals surface area contributed by atoms with E-state index in [9.17, 15) is 19.9 Å². The number of hydrogen-bond donors (Lipinski definition) is 1. The van der Waals surface area contributed by atoms with Crippen LogP contribution in [0.25, 0.3) is 16.0 Å². The summed E-state index contributed by atoms with van der Waals surface area (Å²) in [6, 6.07) is 8.52. The smallest absolute Gasteiger partial charge is 0.441 e. The fourth-order valence-electron chi connectivity index (χ4n) is 4.32. The highest BCUT2D eigenvalue weighted by molar-refractivity contribution is 6.73. The van der Waals surface area contributed by atoms with E-state index in [4.69, 9.17) is 14.7 Å². The molecular formula is C23H32N6O5Si. The van der Waals surface area contributed by atoms with Crippen molar-refractivity contribution in [3.63, 3.8) is 0 Å². The van der Waals surface area contributed by atoms with Gasteiger partial charge in [-0.1, -0.05) is 57.1 Å². The van der Waals surface area contributed by atoms with Crippen LogP contribution in [0.4, 0.5) is 5.69 Å². The first-order valence-corrected chi connectivity index (χ1v) is 14.2. The van der Waals surface area contributed by atoms with E-state index in [1.54, 1.807) is 31.2 Å². The largest absolute Gasteiger partial charge is 0.452 e. The number of β-lactam (4-membered cyclic amide) rings is 1. The van der Waals surface area contributed by atoms with E-state index in [1.165, 1.54) is 0 Å². The number of benzene rings is 1. The standard InChI is InChI=1S/C23H32N6O5Si/c1-6-35(7-2,8-3)34-15(5)18-19(26-22(18)31)14(4)21(30)20(27-24)23(32)33-13-16-9-11-17(12-10-16)28-29-25/h9-12,14-15,18-19H,6-8,13H2,1-5H3,(H,26,31)/t14-,15-,18-,19?/m1/s1. The molecule has 35 heavy (non-hydrogen) atoms. The van der Waals surface area contributed by atoms with Crippen molar-refractivity contribution in [1.82, 2.24) is 5.32 Å². The molecular weight excluding hydrogens is 468 g/mol. The Balaban J connectivity index is 2.05. The van der Waals surface area contributed by atoms with Gasteiger partial charge >= 0.3 is 11.7 Å². The highest BCUT2D eigenvalue weighted by Crippen LogP contribution is 2.32. The van der Waals surface area contributed by atoms with E-state index in [0.29, 0.717) is 11.3 Å². The van der Waals surface area contributed by atoms with Gasteiger partial charge in [0.05, 0.1) is 18.1 Å². The first-order chi connectivity index (χ1) is 16.7. The number of hydrogen-bond acceptors (Lipinski definition) is 6. The van der Waals surface area contributed by atoms with Crippen molar-refractivity contribution >= 4 is 37.4 Å². The predicted molar refractivity (Wildman–Crippen MR) is 131 cm³/mol. The topological polar surface area (TPSA) is 167 Å². The number of carbonyl (C=O) groups is 3. The van der Waals surface area contributed by atoms with Crippen molar-refractivity contribution < 1.29 is 28.3 Å².